The third kappa shape index (κ3) is 2.95. The molecule has 0 N–H and O–H groups in total. The van der Waals surface area contributed by atoms with Gasteiger partial charge in [0.05, 0.1) is 16.4 Å². The zero-order chi connectivity index (χ0) is 15.0. The minimum Gasteiger partial charge on any atom is -0.323 e. The van der Waals surface area contributed by atoms with Gasteiger partial charge in [-0.3, -0.25) is 0 Å². The first-order valence-corrected chi connectivity index (χ1v) is 8.35. The van der Waals surface area contributed by atoms with Crippen molar-refractivity contribution in [3.63, 3.8) is 0 Å². The van der Waals surface area contributed by atoms with Crippen molar-refractivity contribution in [2.24, 2.45) is 0 Å². The van der Waals surface area contributed by atoms with Crippen LogP contribution in [0.1, 0.15) is 49.5 Å². The van der Waals surface area contributed by atoms with Gasteiger partial charge in [-0.25, -0.2) is 4.98 Å². The molecule has 0 bridgehead atoms. The Morgan fingerprint density at radius 2 is 1.95 bits per heavy atom. The van der Waals surface area contributed by atoms with Crippen LogP contribution in [0.25, 0.3) is 11.0 Å². The van der Waals surface area contributed by atoms with Gasteiger partial charge in [0.2, 0.25) is 0 Å². The summed E-state index contributed by atoms with van der Waals surface area (Å²) in [6.45, 7) is 9.95. The fourth-order valence-corrected chi connectivity index (χ4v) is 3.54. The van der Waals surface area contributed by atoms with Crippen molar-refractivity contribution in [3.05, 3.63) is 29.6 Å². The van der Waals surface area contributed by atoms with Crippen molar-refractivity contribution in [1.29, 1.82) is 0 Å². The van der Waals surface area contributed by atoms with E-state index >= 15 is 0 Å². The maximum absolute atomic E-state index is 6.38. The van der Waals surface area contributed by atoms with Crippen LogP contribution in [-0.2, 0) is 0 Å². The van der Waals surface area contributed by atoms with Crippen LogP contribution in [-0.4, -0.2) is 34.1 Å². The standard InChI is InChI=1S/C17H24ClN3/c1-12-6-7-15-16(10-12)21(17(19-15)14(3)18)13(2)11-20-8-4-5-9-20/h6-7,10,13-14H,4-5,8-9,11H2,1-3H3. The van der Waals surface area contributed by atoms with Crippen LogP contribution < -0.4 is 0 Å². The average molecular weight is 306 g/mol. The molecule has 2 unspecified atom stereocenters. The Morgan fingerprint density at radius 3 is 2.62 bits per heavy atom. The number of hydrogen-bond donors (Lipinski definition) is 0. The van der Waals surface area contributed by atoms with E-state index in [2.05, 4.69) is 41.5 Å². The number of benzene rings is 1. The molecule has 1 fully saturated rings. The number of alkyl halides is 1. The van der Waals surface area contributed by atoms with E-state index in [0.717, 1.165) is 17.9 Å². The van der Waals surface area contributed by atoms with Crippen LogP contribution in [0.3, 0.4) is 0 Å². The van der Waals surface area contributed by atoms with Gasteiger partial charge in [-0.1, -0.05) is 6.07 Å². The zero-order valence-electron chi connectivity index (χ0n) is 13.1. The highest BCUT2D eigenvalue weighted by molar-refractivity contribution is 6.20. The van der Waals surface area contributed by atoms with Crippen LogP contribution in [0.4, 0.5) is 0 Å². The van der Waals surface area contributed by atoms with Crippen LogP contribution in [0, 0.1) is 6.92 Å². The molecular weight excluding hydrogens is 282 g/mol. The Hall–Kier alpha value is -1.06. The lowest BCUT2D eigenvalue weighted by molar-refractivity contribution is 0.287. The van der Waals surface area contributed by atoms with E-state index in [0.29, 0.717) is 6.04 Å². The van der Waals surface area contributed by atoms with E-state index in [1.165, 1.54) is 37.0 Å². The van der Waals surface area contributed by atoms with E-state index < -0.39 is 0 Å². The molecule has 1 saturated heterocycles. The molecule has 1 aromatic heterocycles. The second kappa shape index (κ2) is 5.98. The number of aryl methyl sites for hydroxylation is 1. The molecule has 3 nitrogen and oxygen atoms in total. The lowest BCUT2D eigenvalue weighted by Crippen LogP contribution is -2.28. The van der Waals surface area contributed by atoms with Crippen molar-refractivity contribution >= 4 is 22.6 Å². The fraction of sp³-hybridized carbons (Fsp3) is 0.588. The summed E-state index contributed by atoms with van der Waals surface area (Å²) in [5.41, 5.74) is 3.53. The predicted molar refractivity (Wildman–Crippen MR) is 89.1 cm³/mol. The quantitative estimate of drug-likeness (QED) is 0.785. The van der Waals surface area contributed by atoms with Crippen molar-refractivity contribution in [2.45, 2.75) is 45.0 Å². The van der Waals surface area contributed by atoms with E-state index in [9.17, 15) is 0 Å². The average Bonchev–Trinajstić information content (AvgIpc) is 3.04. The molecule has 0 saturated carbocycles. The molecule has 2 atom stereocenters. The summed E-state index contributed by atoms with van der Waals surface area (Å²) < 4.78 is 2.35. The molecule has 0 aliphatic carbocycles. The van der Waals surface area contributed by atoms with E-state index in [-0.39, 0.29) is 5.38 Å². The summed E-state index contributed by atoms with van der Waals surface area (Å²) in [6.07, 6.45) is 2.66. The second-order valence-corrected chi connectivity index (χ2v) is 6.96. The number of imidazole rings is 1. The van der Waals surface area contributed by atoms with Gasteiger partial charge in [-0.2, -0.15) is 0 Å². The number of fused-ring (bicyclic) bond motifs is 1. The summed E-state index contributed by atoms with van der Waals surface area (Å²) in [4.78, 5) is 7.31. The number of hydrogen-bond acceptors (Lipinski definition) is 2. The first-order valence-electron chi connectivity index (χ1n) is 7.91. The Balaban J connectivity index is 2.00. The summed E-state index contributed by atoms with van der Waals surface area (Å²) in [5, 5.41) is -0.0706. The van der Waals surface area contributed by atoms with Crippen molar-refractivity contribution in [3.8, 4) is 0 Å². The topological polar surface area (TPSA) is 21.1 Å². The molecule has 2 heterocycles. The van der Waals surface area contributed by atoms with Crippen LogP contribution >= 0.6 is 11.6 Å². The summed E-state index contributed by atoms with van der Waals surface area (Å²) in [6, 6.07) is 6.84. The second-order valence-electron chi connectivity index (χ2n) is 6.30. The van der Waals surface area contributed by atoms with Gasteiger partial charge in [0.1, 0.15) is 5.82 Å². The highest BCUT2D eigenvalue weighted by Gasteiger charge is 2.22. The Labute approximate surface area is 131 Å². The predicted octanol–water partition coefficient (Wildman–Crippen LogP) is 4.30. The summed E-state index contributed by atoms with van der Waals surface area (Å²) in [7, 11) is 0. The van der Waals surface area contributed by atoms with Crippen LogP contribution in [0.15, 0.2) is 18.2 Å². The summed E-state index contributed by atoms with van der Waals surface area (Å²) >= 11 is 6.38. The molecule has 0 amide bonds. The minimum absolute atomic E-state index is 0.0706. The van der Waals surface area contributed by atoms with Crippen molar-refractivity contribution in [1.82, 2.24) is 14.5 Å². The van der Waals surface area contributed by atoms with E-state index in [1.54, 1.807) is 0 Å². The smallest absolute Gasteiger partial charge is 0.128 e. The molecule has 1 aliphatic heterocycles. The maximum Gasteiger partial charge on any atom is 0.128 e. The van der Waals surface area contributed by atoms with Gasteiger partial charge in [0, 0.05) is 12.6 Å². The molecule has 1 aliphatic rings. The largest absolute Gasteiger partial charge is 0.323 e. The molecule has 2 aromatic rings. The highest BCUT2D eigenvalue weighted by atomic mass is 35.5. The van der Waals surface area contributed by atoms with Gasteiger partial charge in [-0.15, -0.1) is 11.6 Å². The van der Waals surface area contributed by atoms with Crippen LogP contribution in [0.2, 0.25) is 0 Å². The lowest BCUT2D eigenvalue weighted by atomic mass is 10.2. The molecule has 21 heavy (non-hydrogen) atoms. The van der Waals surface area contributed by atoms with Crippen molar-refractivity contribution < 1.29 is 0 Å². The molecular formula is C17H24ClN3. The Kier molecular flexibility index (Phi) is 4.23. The SMILES string of the molecule is Cc1ccc2nc(C(C)Cl)n(C(C)CN3CCCC3)c2c1. The molecule has 0 spiro atoms. The number of halogens is 1. The van der Waals surface area contributed by atoms with Crippen molar-refractivity contribution in [2.75, 3.05) is 19.6 Å². The van der Waals surface area contributed by atoms with Gasteiger partial charge in [-0.05, 0) is 64.4 Å². The third-order valence-electron chi connectivity index (χ3n) is 4.39. The minimum atomic E-state index is -0.0706. The third-order valence-corrected chi connectivity index (χ3v) is 4.59. The Bertz CT molecular complexity index is 626. The molecule has 0 radical (unpaired) electrons. The molecule has 1 aromatic carbocycles. The van der Waals surface area contributed by atoms with Gasteiger partial charge >= 0.3 is 0 Å². The zero-order valence-corrected chi connectivity index (χ0v) is 13.9. The van der Waals surface area contributed by atoms with E-state index in [1.807, 2.05) is 6.92 Å². The lowest BCUT2D eigenvalue weighted by Gasteiger charge is -2.24. The van der Waals surface area contributed by atoms with Crippen LogP contribution in [0.5, 0.6) is 0 Å². The first-order chi connectivity index (χ1) is 10.1. The monoisotopic (exact) mass is 305 g/mol. The van der Waals surface area contributed by atoms with Gasteiger partial charge in [0.15, 0.2) is 0 Å². The normalized spacial score (nSPS) is 19.2. The highest BCUT2D eigenvalue weighted by Crippen LogP contribution is 2.29. The van der Waals surface area contributed by atoms with Gasteiger partial charge in [0.25, 0.3) is 0 Å². The van der Waals surface area contributed by atoms with Gasteiger partial charge < -0.3 is 9.47 Å². The number of nitrogens with zero attached hydrogens (tertiary/aromatic N) is 3. The fourth-order valence-electron chi connectivity index (χ4n) is 3.39. The maximum atomic E-state index is 6.38. The number of aromatic nitrogens is 2. The number of likely N-dealkylation sites (tertiary alicyclic amines) is 1. The Morgan fingerprint density at radius 1 is 1.24 bits per heavy atom. The first kappa shape index (κ1) is 14.9. The molecule has 4 heteroatoms. The molecule has 3 rings (SSSR count). The number of rotatable bonds is 4. The summed E-state index contributed by atoms with van der Waals surface area (Å²) in [5.74, 6) is 0.990. The van der Waals surface area contributed by atoms with E-state index in [4.69, 9.17) is 16.6 Å². The molecule has 114 valence electrons.